The van der Waals surface area contributed by atoms with Gasteiger partial charge in [0.25, 0.3) is 5.69 Å². The molecule has 1 amide bonds. The molecular formula is C9H7BrN2O5. The van der Waals surface area contributed by atoms with Crippen LogP contribution in [-0.4, -0.2) is 21.9 Å². The van der Waals surface area contributed by atoms with E-state index in [1.165, 1.54) is 12.1 Å². The number of hydrogen-bond acceptors (Lipinski definition) is 4. The quantitative estimate of drug-likeness (QED) is 0.500. The fraction of sp³-hybridized carbons (Fsp3) is 0.111. The Morgan fingerprint density at radius 1 is 1.47 bits per heavy atom. The van der Waals surface area contributed by atoms with Crippen LogP contribution >= 0.6 is 15.9 Å². The number of nitro groups is 1. The highest BCUT2D eigenvalue weighted by atomic mass is 79.9. The number of amides is 1. The van der Waals surface area contributed by atoms with Gasteiger partial charge in [-0.05, 0) is 22.0 Å². The highest BCUT2D eigenvalue weighted by Gasteiger charge is 2.13. The lowest BCUT2D eigenvalue weighted by atomic mass is 10.2. The SMILES string of the molecule is O=C(O)CC(=O)Nc1cc([N+](=O)[O-])ccc1Br. The molecule has 0 aliphatic rings. The predicted octanol–water partition coefficient (Wildman–Crippen LogP) is 1.77. The average Bonchev–Trinajstić information content (AvgIpc) is 2.19. The van der Waals surface area contributed by atoms with Crippen molar-refractivity contribution in [2.75, 3.05) is 5.32 Å². The Labute approximate surface area is 104 Å². The molecule has 8 heteroatoms. The predicted molar refractivity (Wildman–Crippen MR) is 61.7 cm³/mol. The standard InChI is InChI=1S/C9H7BrN2O5/c10-6-2-1-5(12(16)17)3-7(6)11-8(13)4-9(14)15/h1-3H,4H2,(H,11,13)(H,14,15). The summed E-state index contributed by atoms with van der Waals surface area (Å²) in [6.45, 7) is 0. The number of halogens is 1. The van der Waals surface area contributed by atoms with Gasteiger partial charge in [0, 0.05) is 16.6 Å². The highest BCUT2D eigenvalue weighted by Crippen LogP contribution is 2.27. The lowest BCUT2D eigenvalue weighted by Crippen LogP contribution is -2.16. The molecule has 2 N–H and O–H groups in total. The summed E-state index contributed by atoms with van der Waals surface area (Å²) in [5.74, 6) is -2.03. The van der Waals surface area contributed by atoms with Crippen LogP contribution < -0.4 is 5.32 Å². The first kappa shape index (κ1) is 13.1. The Morgan fingerprint density at radius 2 is 2.12 bits per heavy atom. The van der Waals surface area contributed by atoms with Gasteiger partial charge in [0.05, 0.1) is 10.6 Å². The maximum absolute atomic E-state index is 11.2. The van der Waals surface area contributed by atoms with Crippen molar-refractivity contribution in [3.8, 4) is 0 Å². The minimum Gasteiger partial charge on any atom is -0.481 e. The smallest absolute Gasteiger partial charge is 0.312 e. The first-order valence-corrected chi connectivity index (χ1v) is 5.15. The first-order chi connectivity index (χ1) is 7.90. The zero-order valence-electron chi connectivity index (χ0n) is 8.34. The highest BCUT2D eigenvalue weighted by molar-refractivity contribution is 9.10. The van der Waals surface area contributed by atoms with Gasteiger partial charge in [-0.2, -0.15) is 0 Å². The van der Waals surface area contributed by atoms with Crippen LogP contribution in [-0.2, 0) is 9.59 Å². The maximum atomic E-state index is 11.2. The number of carboxylic acid groups (broad SMARTS) is 1. The van der Waals surface area contributed by atoms with Gasteiger partial charge < -0.3 is 10.4 Å². The molecule has 0 radical (unpaired) electrons. The molecule has 0 aromatic heterocycles. The third-order valence-electron chi connectivity index (χ3n) is 1.75. The van der Waals surface area contributed by atoms with Crippen LogP contribution in [0.15, 0.2) is 22.7 Å². The molecule has 7 nitrogen and oxygen atoms in total. The zero-order valence-corrected chi connectivity index (χ0v) is 9.93. The summed E-state index contributed by atoms with van der Waals surface area (Å²) >= 11 is 3.09. The Morgan fingerprint density at radius 3 is 2.65 bits per heavy atom. The summed E-state index contributed by atoms with van der Waals surface area (Å²) in [5.41, 5.74) is -0.0377. The summed E-state index contributed by atoms with van der Waals surface area (Å²) in [7, 11) is 0. The second kappa shape index (κ2) is 5.39. The van der Waals surface area contributed by atoms with E-state index in [2.05, 4.69) is 21.2 Å². The van der Waals surface area contributed by atoms with E-state index in [0.717, 1.165) is 6.07 Å². The average molecular weight is 303 g/mol. The van der Waals surface area contributed by atoms with E-state index in [4.69, 9.17) is 5.11 Å². The van der Waals surface area contributed by atoms with Crippen LogP contribution in [0.4, 0.5) is 11.4 Å². The van der Waals surface area contributed by atoms with E-state index in [-0.39, 0.29) is 11.4 Å². The van der Waals surface area contributed by atoms with Crippen molar-refractivity contribution in [3.05, 3.63) is 32.8 Å². The van der Waals surface area contributed by atoms with Gasteiger partial charge in [-0.3, -0.25) is 19.7 Å². The van der Waals surface area contributed by atoms with Crippen LogP contribution in [0.2, 0.25) is 0 Å². The third kappa shape index (κ3) is 3.83. The second-order valence-electron chi connectivity index (χ2n) is 3.04. The van der Waals surface area contributed by atoms with Gasteiger partial charge in [0.2, 0.25) is 5.91 Å². The van der Waals surface area contributed by atoms with Gasteiger partial charge in [-0.25, -0.2) is 0 Å². The molecule has 0 bridgehead atoms. The first-order valence-electron chi connectivity index (χ1n) is 4.35. The number of carboxylic acids is 1. The Bertz CT molecular complexity index is 488. The number of aliphatic carboxylic acids is 1. The number of nitrogens with zero attached hydrogens (tertiary/aromatic N) is 1. The van der Waals surface area contributed by atoms with Crippen LogP contribution in [0.1, 0.15) is 6.42 Å². The molecule has 0 saturated heterocycles. The van der Waals surface area contributed by atoms with Gasteiger partial charge >= 0.3 is 5.97 Å². The fourth-order valence-electron chi connectivity index (χ4n) is 1.05. The summed E-state index contributed by atoms with van der Waals surface area (Å²) < 4.78 is 0.432. The molecule has 17 heavy (non-hydrogen) atoms. The summed E-state index contributed by atoms with van der Waals surface area (Å²) in [4.78, 5) is 31.4. The van der Waals surface area contributed by atoms with E-state index >= 15 is 0 Å². The van der Waals surface area contributed by atoms with Crippen molar-refractivity contribution in [1.82, 2.24) is 0 Å². The van der Waals surface area contributed by atoms with Crippen molar-refractivity contribution in [1.29, 1.82) is 0 Å². The van der Waals surface area contributed by atoms with E-state index < -0.39 is 23.2 Å². The lowest BCUT2D eigenvalue weighted by Gasteiger charge is -2.05. The molecule has 1 rings (SSSR count). The van der Waals surface area contributed by atoms with E-state index in [1.54, 1.807) is 0 Å². The Hall–Kier alpha value is -1.96. The van der Waals surface area contributed by atoms with Gasteiger partial charge in [-0.1, -0.05) is 0 Å². The van der Waals surface area contributed by atoms with Crippen molar-refractivity contribution in [3.63, 3.8) is 0 Å². The minimum absolute atomic E-state index is 0.158. The number of hydrogen-bond donors (Lipinski definition) is 2. The molecule has 90 valence electrons. The summed E-state index contributed by atoms with van der Waals surface area (Å²) in [6.07, 6.45) is -0.699. The molecule has 0 heterocycles. The molecule has 0 unspecified atom stereocenters. The largest absolute Gasteiger partial charge is 0.481 e. The fourth-order valence-corrected chi connectivity index (χ4v) is 1.40. The molecular weight excluding hydrogens is 296 g/mol. The number of nitrogens with one attached hydrogen (secondary N) is 1. The van der Waals surface area contributed by atoms with Crippen LogP contribution in [0, 0.1) is 10.1 Å². The normalized spacial score (nSPS) is 9.71. The van der Waals surface area contributed by atoms with E-state index in [0.29, 0.717) is 4.47 Å². The topological polar surface area (TPSA) is 110 Å². The van der Waals surface area contributed by atoms with Crippen molar-refractivity contribution in [2.45, 2.75) is 6.42 Å². The van der Waals surface area contributed by atoms with Gasteiger partial charge in [0.15, 0.2) is 0 Å². The zero-order chi connectivity index (χ0) is 13.0. The number of carbonyl (C=O) groups excluding carboxylic acids is 1. The van der Waals surface area contributed by atoms with Crippen LogP contribution in [0.25, 0.3) is 0 Å². The molecule has 0 aliphatic heterocycles. The Balaban J connectivity index is 2.90. The molecule has 0 saturated carbocycles. The van der Waals surface area contributed by atoms with Gasteiger partial charge in [-0.15, -0.1) is 0 Å². The number of rotatable bonds is 4. The molecule has 0 spiro atoms. The van der Waals surface area contributed by atoms with Crippen LogP contribution in [0.5, 0.6) is 0 Å². The Kier molecular flexibility index (Phi) is 4.16. The molecule has 0 fully saturated rings. The number of carbonyl (C=O) groups is 2. The number of anilines is 1. The minimum atomic E-state index is -1.27. The van der Waals surface area contributed by atoms with Gasteiger partial charge in [0.1, 0.15) is 6.42 Å². The monoisotopic (exact) mass is 302 g/mol. The number of benzene rings is 1. The molecule has 1 aromatic carbocycles. The number of non-ortho nitro benzene ring substituents is 1. The van der Waals surface area contributed by atoms with E-state index in [9.17, 15) is 19.7 Å². The molecule has 0 aliphatic carbocycles. The molecule has 0 atom stereocenters. The third-order valence-corrected chi connectivity index (χ3v) is 2.44. The van der Waals surface area contributed by atoms with Crippen molar-refractivity contribution < 1.29 is 19.6 Å². The molecule has 1 aromatic rings. The maximum Gasteiger partial charge on any atom is 0.312 e. The second-order valence-corrected chi connectivity index (χ2v) is 3.89. The van der Waals surface area contributed by atoms with Crippen LogP contribution in [0.3, 0.4) is 0 Å². The summed E-state index contributed by atoms with van der Waals surface area (Å²) in [5, 5.41) is 21.2. The summed E-state index contributed by atoms with van der Waals surface area (Å²) in [6, 6.07) is 3.80. The van der Waals surface area contributed by atoms with Crippen molar-refractivity contribution in [2.24, 2.45) is 0 Å². The van der Waals surface area contributed by atoms with Crippen molar-refractivity contribution >= 4 is 39.2 Å². The number of nitro benzene ring substituents is 1. The van der Waals surface area contributed by atoms with E-state index in [1.807, 2.05) is 0 Å². The lowest BCUT2D eigenvalue weighted by molar-refractivity contribution is -0.384.